The molecule has 2 amide bonds. The third-order valence-electron chi connectivity index (χ3n) is 3.01. The molecule has 1 aliphatic rings. The Morgan fingerprint density at radius 3 is 2.33 bits per heavy atom. The first-order chi connectivity index (χ1) is 7.26. The Bertz CT molecular complexity index is 188. The molecule has 1 rings (SSSR count). The molecule has 88 valence electrons. The summed E-state index contributed by atoms with van der Waals surface area (Å²) >= 11 is 0. The van der Waals surface area contributed by atoms with Crippen molar-refractivity contribution in [2.45, 2.75) is 51.1 Å². The fraction of sp³-hybridized carbons (Fsp3) is 0.909. The molecule has 0 aliphatic heterocycles. The topological polar surface area (TPSA) is 53.2 Å². The Hall–Kier alpha value is -0.770. The van der Waals surface area contributed by atoms with Gasteiger partial charge in [0.1, 0.15) is 0 Å². The molecule has 4 heteroatoms. The van der Waals surface area contributed by atoms with E-state index in [0.717, 1.165) is 38.6 Å². The number of hydrogen-bond donors (Lipinski definition) is 3. The lowest BCUT2D eigenvalue weighted by Crippen LogP contribution is -2.45. The van der Waals surface area contributed by atoms with E-state index in [1.165, 1.54) is 0 Å². The molecule has 0 spiro atoms. The summed E-state index contributed by atoms with van der Waals surface area (Å²) in [6.45, 7) is 2.82. The molecule has 0 saturated heterocycles. The molecular weight excluding hydrogens is 190 g/mol. The molecule has 15 heavy (non-hydrogen) atoms. The second kappa shape index (κ2) is 6.67. The van der Waals surface area contributed by atoms with Crippen molar-refractivity contribution in [3.05, 3.63) is 0 Å². The van der Waals surface area contributed by atoms with Gasteiger partial charge in [-0.15, -0.1) is 0 Å². The van der Waals surface area contributed by atoms with E-state index in [9.17, 15) is 4.79 Å². The highest BCUT2D eigenvalue weighted by atomic mass is 16.2. The van der Waals surface area contributed by atoms with Gasteiger partial charge in [-0.05, 0) is 39.2 Å². The van der Waals surface area contributed by atoms with Crippen LogP contribution >= 0.6 is 0 Å². The third kappa shape index (κ3) is 4.51. The number of carbonyl (C=O) groups excluding carboxylic acids is 1. The first-order valence-electron chi connectivity index (χ1n) is 5.98. The van der Waals surface area contributed by atoms with E-state index in [1.807, 2.05) is 7.05 Å². The standard InChI is InChI=1S/C11H23N3O/c1-3-8-13-11(15)14-10-6-4-9(12-2)5-7-10/h9-10,12H,3-8H2,1-2H3,(H2,13,14,15). The van der Waals surface area contributed by atoms with Gasteiger partial charge in [-0.1, -0.05) is 6.92 Å². The Balaban J connectivity index is 2.15. The lowest BCUT2D eigenvalue weighted by atomic mass is 9.91. The van der Waals surface area contributed by atoms with Crippen LogP contribution < -0.4 is 16.0 Å². The maximum absolute atomic E-state index is 11.4. The molecular formula is C11H23N3O. The van der Waals surface area contributed by atoms with Crippen molar-refractivity contribution in [1.29, 1.82) is 0 Å². The van der Waals surface area contributed by atoms with Crippen molar-refractivity contribution in [3.63, 3.8) is 0 Å². The summed E-state index contributed by atoms with van der Waals surface area (Å²) in [7, 11) is 2.01. The van der Waals surface area contributed by atoms with Crippen LogP contribution in [0.4, 0.5) is 4.79 Å². The van der Waals surface area contributed by atoms with Crippen LogP contribution in [0.15, 0.2) is 0 Å². The summed E-state index contributed by atoms with van der Waals surface area (Å²) in [5.41, 5.74) is 0. The van der Waals surface area contributed by atoms with Crippen molar-refractivity contribution in [3.8, 4) is 0 Å². The lowest BCUT2D eigenvalue weighted by Gasteiger charge is -2.28. The van der Waals surface area contributed by atoms with Crippen LogP contribution in [0, 0.1) is 0 Å². The van der Waals surface area contributed by atoms with Crippen LogP contribution in [0.1, 0.15) is 39.0 Å². The predicted molar refractivity (Wildman–Crippen MR) is 61.9 cm³/mol. The van der Waals surface area contributed by atoms with Crippen LogP contribution in [0.25, 0.3) is 0 Å². The maximum Gasteiger partial charge on any atom is 0.315 e. The molecule has 0 atom stereocenters. The monoisotopic (exact) mass is 213 g/mol. The van der Waals surface area contributed by atoms with E-state index in [0.29, 0.717) is 12.1 Å². The SMILES string of the molecule is CCCNC(=O)NC1CCC(NC)CC1. The quantitative estimate of drug-likeness (QED) is 0.658. The van der Waals surface area contributed by atoms with Gasteiger partial charge in [0.2, 0.25) is 0 Å². The van der Waals surface area contributed by atoms with Crippen molar-refractivity contribution in [2.75, 3.05) is 13.6 Å². The molecule has 3 N–H and O–H groups in total. The fourth-order valence-electron chi connectivity index (χ4n) is 2.00. The largest absolute Gasteiger partial charge is 0.338 e. The highest BCUT2D eigenvalue weighted by molar-refractivity contribution is 5.74. The number of rotatable bonds is 4. The van der Waals surface area contributed by atoms with Gasteiger partial charge in [-0.2, -0.15) is 0 Å². The molecule has 0 aromatic rings. The van der Waals surface area contributed by atoms with Crippen LogP contribution in [-0.4, -0.2) is 31.7 Å². The minimum Gasteiger partial charge on any atom is -0.338 e. The number of amides is 2. The second-order valence-corrected chi connectivity index (χ2v) is 4.24. The maximum atomic E-state index is 11.4. The molecule has 1 saturated carbocycles. The van der Waals surface area contributed by atoms with Gasteiger partial charge in [0.15, 0.2) is 0 Å². The van der Waals surface area contributed by atoms with Gasteiger partial charge < -0.3 is 16.0 Å². The summed E-state index contributed by atoms with van der Waals surface area (Å²) in [6, 6.07) is 0.998. The normalized spacial score (nSPS) is 26.0. The molecule has 0 aromatic heterocycles. The molecule has 1 fully saturated rings. The first kappa shape index (κ1) is 12.3. The Labute approximate surface area is 92.2 Å². The molecule has 0 unspecified atom stereocenters. The average Bonchev–Trinajstić information content (AvgIpc) is 2.27. The number of carbonyl (C=O) groups is 1. The lowest BCUT2D eigenvalue weighted by molar-refractivity contribution is 0.230. The van der Waals surface area contributed by atoms with Crippen LogP contribution in [0.5, 0.6) is 0 Å². The van der Waals surface area contributed by atoms with Gasteiger partial charge in [0.25, 0.3) is 0 Å². The van der Waals surface area contributed by atoms with E-state index in [1.54, 1.807) is 0 Å². The van der Waals surface area contributed by atoms with Crippen LogP contribution in [0.3, 0.4) is 0 Å². The predicted octanol–water partition coefficient (Wildman–Crippen LogP) is 1.23. The van der Waals surface area contributed by atoms with E-state index in [4.69, 9.17) is 0 Å². The molecule has 4 nitrogen and oxygen atoms in total. The van der Waals surface area contributed by atoms with E-state index in [-0.39, 0.29) is 6.03 Å². The smallest absolute Gasteiger partial charge is 0.315 e. The van der Waals surface area contributed by atoms with E-state index in [2.05, 4.69) is 22.9 Å². The number of nitrogens with one attached hydrogen (secondary N) is 3. The Kier molecular flexibility index (Phi) is 5.47. The minimum absolute atomic E-state index is 0.00948. The first-order valence-corrected chi connectivity index (χ1v) is 5.98. The van der Waals surface area contributed by atoms with E-state index >= 15 is 0 Å². The molecule has 0 bridgehead atoms. The molecule has 1 aliphatic carbocycles. The molecule has 0 aromatic carbocycles. The molecule has 0 radical (unpaired) electrons. The van der Waals surface area contributed by atoms with Crippen LogP contribution in [0.2, 0.25) is 0 Å². The highest BCUT2D eigenvalue weighted by Crippen LogP contribution is 2.17. The van der Waals surface area contributed by atoms with Gasteiger partial charge >= 0.3 is 6.03 Å². The van der Waals surface area contributed by atoms with Crippen molar-refractivity contribution in [1.82, 2.24) is 16.0 Å². The highest BCUT2D eigenvalue weighted by Gasteiger charge is 2.20. The average molecular weight is 213 g/mol. The van der Waals surface area contributed by atoms with Crippen LogP contribution in [-0.2, 0) is 0 Å². The number of urea groups is 1. The summed E-state index contributed by atoms with van der Waals surface area (Å²) < 4.78 is 0. The summed E-state index contributed by atoms with van der Waals surface area (Å²) in [5.74, 6) is 0. The summed E-state index contributed by atoms with van der Waals surface area (Å²) in [5, 5.41) is 9.14. The number of hydrogen-bond acceptors (Lipinski definition) is 2. The zero-order valence-corrected chi connectivity index (χ0v) is 9.81. The van der Waals surface area contributed by atoms with Gasteiger partial charge in [-0.3, -0.25) is 0 Å². The van der Waals surface area contributed by atoms with Crippen molar-refractivity contribution in [2.24, 2.45) is 0 Å². The summed E-state index contributed by atoms with van der Waals surface area (Å²) in [6.07, 6.45) is 5.49. The zero-order valence-electron chi connectivity index (χ0n) is 9.81. The van der Waals surface area contributed by atoms with Crippen molar-refractivity contribution < 1.29 is 4.79 Å². The summed E-state index contributed by atoms with van der Waals surface area (Å²) in [4.78, 5) is 11.4. The Morgan fingerprint density at radius 2 is 1.80 bits per heavy atom. The van der Waals surface area contributed by atoms with E-state index < -0.39 is 0 Å². The second-order valence-electron chi connectivity index (χ2n) is 4.24. The third-order valence-corrected chi connectivity index (χ3v) is 3.01. The van der Waals surface area contributed by atoms with Gasteiger partial charge in [0, 0.05) is 18.6 Å². The minimum atomic E-state index is -0.00948. The van der Waals surface area contributed by atoms with Crippen molar-refractivity contribution >= 4 is 6.03 Å². The van der Waals surface area contributed by atoms with Gasteiger partial charge in [-0.25, -0.2) is 4.79 Å². The molecule has 0 heterocycles. The fourth-order valence-corrected chi connectivity index (χ4v) is 2.00. The zero-order chi connectivity index (χ0) is 11.1. The Morgan fingerprint density at radius 1 is 1.20 bits per heavy atom. The van der Waals surface area contributed by atoms with Gasteiger partial charge in [0.05, 0.1) is 0 Å².